The largest absolute Gasteiger partial charge is 0.379 e. The minimum atomic E-state index is -0.634. The van der Waals surface area contributed by atoms with Gasteiger partial charge in [0.05, 0.1) is 128 Å². The number of aliphatic imine (C=N–C) groups is 1. The van der Waals surface area contributed by atoms with Gasteiger partial charge in [0.1, 0.15) is 33.9 Å². The van der Waals surface area contributed by atoms with E-state index in [9.17, 15) is 43.2 Å². The van der Waals surface area contributed by atoms with E-state index < -0.39 is 47.4 Å². The number of thiophene rings is 1. The summed E-state index contributed by atoms with van der Waals surface area (Å²) in [5.74, 6) is -2.31. The van der Waals surface area contributed by atoms with Gasteiger partial charge in [-0.15, -0.1) is 21.5 Å². The molecule has 7 aromatic heterocycles. The number of aromatic nitrogens is 10. The molecule has 9 N–H and O–H groups in total. The van der Waals surface area contributed by atoms with Crippen LogP contribution in [0, 0.1) is 20.8 Å². The lowest BCUT2D eigenvalue weighted by atomic mass is 9.99. The molecule has 9 amide bonds. The van der Waals surface area contributed by atoms with Crippen LogP contribution in [-0.4, -0.2) is 238 Å². The van der Waals surface area contributed by atoms with Gasteiger partial charge in [-0.05, 0) is 87.2 Å². The van der Waals surface area contributed by atoms with Crippen LogP contribution in [0.4, 0.5) is 28.6 Å². The number of rotatable bonds is 50. The summed E-state index contributed by atoms with van der Waals surface area (Å²) in [5.41, 5.74) is 7.35. The van der Waals surface area contributed by atoms with E-state index in [0.29, 0.717) is 127 Å². The van der Waals surface area contributed by atoms with E-state index in [2.05, 4.69) is 81.9 Å². The molecule has 9 aromatic rings. The Morgan fingerprint density at radius 3 is 1.43 bits per heavy atom. The highest BCUT2D eigenvalue weighted by Crippen LogP contribution is 2.40. The lowest BCUT2D eigenvalue weighted by molar-refractivity contribution is -0.121. The molecular formula is C81H103ClN20O17S. The molecule has 0 saturated heterocycles. The Labute approximate surface area is 702 Å². The maximum atomic E-state index is 13.6. The predicted octanol–water partition coefficient (Wildman–Crippen LogP) is 6.33. The van der Waals surface area contributed by atoms with Crippen molar-refractivity contribution in [3.05, 3.63) is 176 Å². The molecule has 0 radical (unpaired) electrons. The number of anilines is 5. The van der Waals surface area contributed by atoms with Crippen molar-refractivity contribution in [2.75, 3.05) is 158 Å². The molecule has 642 valence electrons. The molecule has 10 rings (SSSR count). The third-order valence-electron chi connectivity index (χ3n) is 18.7. The zero-order valence-corrected chi connectivity index (χ0v) is 70.0. The van der Waals surface area contributed by atoms with Crippen LogP contribution in [-0.2, 0) is 98.7 Å². The van der Waals surface area contributed by atoms with Crippen LogP contribution >= 0.6 is 22.9 Å². The second kappa shape index (κ2) is 46.1. The number of benzene rings is 2. The van der Waals surface area contributed by atoms with E-state index >= 15 is 0 Å². The summed E-state index contributed by atoms with van der Waals surface area (Å²) in [7, 11) is 8.12. The number of ether oxygens (including phenoxy) is 8. The van der Waals surface area contributed by atoms with Gasteiger partial charge >= 0.3 is 0 Å². The molecule has 0 bridgehead atoms. The molecule has 39 heteroatoms. The maximum absolute atomic E-state index is 13.6. The highest BCUT2D eigenvalue weighted by molar-refractivity contribution is 7.15. The number of hydrogen-bond acceptors (Lipinski definition) is 23. The summed E-state index contributed by atoms with van der Waals surface area (Å²) < 4.78 is 54.4. The second-order valence-corrected chi connectivity index (χ2v) is 29.5. The first-order valence-corrected chi connectivity index (χ1v) is 40.4. The summed E-state index contributed by atoms with van der Waals surface area (Å²) in [6.45, 7) is 13.0. The topological polar surface area (TPSA) is 429 Å². The molecule has 0 fully saturated rings. The molecule has 0 aliphatic carbocycles. The first kappa shape index (κ1) is 90.7. The van der Waals surface area contributed by atoms with Gasteiger partial charge in [0.25, 0.3) is 29.5 Å². The molecule has 0 unspecified atom stereocenters. The van der Waals surface area contributed by atoms with Gasteiger partial charge in [-0.2, -0.15) is 0 Å². The number of aryl methyl sites for hydroxylation is 8. The summed E-state index contributed by atoms with van der Waals surface area (Å²) in [5, 5.41) is 35.2. The number of amides is 9. The lowest BCUT2D eigenvalue weighted by Gasteiger charge is -2.13. The van der Waals surface area contributed by atoms with Gasteiger partial charge in [0, 0.05) is 151 Å². The molecule has 37 nitrogen and oxygen atoms in total. The number of hydrogen-bond donors (Lipinski definition) is 9. The van der Waals surface area contributed by atoms with Gasteiger partial charge in [-0.1, -0.05) is 35.9 Å². The fraction of sp³-hybridized carbons (Fsp3) is 0.432. The number of nitrogens with zero attached hydrogens (tertiary/aromatic N) is 11. The summed E-state index contributed by atoms with van der Waals surface area (Å²) >= 11 is 7.94. The minimum absolute atomic E-state index is 0.0234. The third-order valence-corrected chi connectivity index (χ3v) is 20.1. The van der Waals surface area contributed by atoms with E-state index in [1.54, 1.807) is 69.7 Å². The van der Waals surface area contributed by atoms with Crippen LogP contribution < -0.4 is 47.9 Å². The van der Waals surface area contributed by atoms with Crippen LogP contribution in [0.25, 0.3) is 5.00 Å². The smallest absolute Gasteiger partial charge is 0.291 e. The maximum Gasteiger partial charge on any atom is 0.291 e. The first-order valence-electron chi connectivity index (χ1n) is 39.2. The normalized spacial score (nSPS) is 12.3. The predicted molar refractivity (Wildman–Crippen MR) is 448 cm³/mol. The van der Waals surface area contributed by atoms with Gasteiger partial charge in [0.2, 0.25) is 29.5 Å². The molecule has 2 aromatic carbocycles. The highest BCUT2D eigenvalue weighted by Gasteiger charge is 2.33. The zero-order valence-electron chi connectivity index (χ0n) is 68.4. The molecule has 1 atom stereocenters. The number of fused-ring (bicyclic) bond motifs is 3. The van der Waals surface area contributed by atoms with Crippen molar-refractivity contribution in [3.63, 3.8) is 0 Å². The zero-order chi connectivity index (χ0) is 85.5. The number of imidazole rings is 2. The van der Waals surface area contributed by atoms with Crippen molar-refractivity contribution in [1.82, 2.24) is 68.8 Å². The van der Waals surface area contributed by atoms with E-state index in [1.165, 1.54) is 59.9 Å². The molecule has 8 heterocycles. The average molecular weight is 1700 g/mol. The standard InChI is InChI=1S/C81H103ClN20O17S/c1-52-53(2)120-81-71(52)72(56-13-15-57(82)16-14-56)92-62(73-96-95-54(3)102(73)81)47-70(106)88-58-17-11-55(12-18-58)10-9-28-112-30-32-114-34-36-116-38-40-118-42-43-119-41-39-117-37-35-115-33-31-113-29-26-83-67(103)19-22-85-76(107)63-44-59(48-98(63)5)89-68(104)20-23-86-77(108)65-46-61(50-100(65)7)91-80(111)75-94-66(51-101(75)8)93-69(105)21-24-87-78(109)64-45-60(49-99(64)6)90-79(110)74-84-25-27-97(74)4/h11-18,25,27,44-46,48-51,62H,9-10,19-24,26,28-43,47H2,1-8H3,(H,83,103)(H,85,107)(H,86,108)(H,87,109)(H,88,106)(H,89,104)(H,90,110)(H,91,111)(H,93,105)/t62-/m0/s1. The van der Waals surface area contributed by atoms with E-state index in [1.807, 2.05) is 60.0 Å². The first-order chi connectivity index (χ1) is 58.0. The Morgan fingerprint density at radius 2 is 0.925 bits per heavy atom. The average Bonchev–Trinajstić information content (AvgIpc) is 1.59. The van der Waals surface area contributed by atoms with Crippen LogP contribution in [0.3, 0.4) is 0 Å². The van der Waals surface area contributed by atoms with Crippen molar-refractivity contribution >= 4 is 110 Å². The van der Waals surface area contributed by atoms with Crippen molar-refractivity contribution < 1.29 is 81.0 Å². The molecular weight excluding hydrogens is 1590 g/mol. The van der Waals surface area contributed by atoms with Gasteiger partial charge in [-0.3, -0.25) is 52.7 Å². The minimum Gasteiger partial charge on any atom is -0.379 e. The second-order valence-electron chi connectivity index (χ2n) is 27.8. The van der Waals surface area contributed by atoms with Crippen LogP contribution in [0.15, 0.2) is 109 Å². The number of carbonyl (C=O) groups excluding carboxylic acids is 9. The van der Waals surface area contributed by atoms with Crippen LogP contribution in [0.1, 0.15) is 130 Å². The van der Waals surface area contributed by atoms with Gasteiger partial charge < -0.3 is 109 Å². The van der Waals surface area contributed by atoms with Crippen molar-refractivity contribution in [3.8, 4) is 5.00 Å². The highest BCUT2D eigenvalue weighted by atomic mass is 35.5. The number of halogens is 1. The Balaban J connectivity index is 0.466. The van der Waals surface area contributed by atoms with Crippen molar-refractivity contribution in [1.29, 1.82) is 0 Å². The SMILES string of the molecule is Cc1sc2c(c1C)C(c1ccc(Cl)cc1)=N[C@@H](CC(=O)Nc1ccc(CCCOCCOCCOCCOCCOCCOCCOCCOCCNC(=O)CCNC(=O)c3cc(NC(=O)CCNC(=O)c4cc(NC(=O)c5nc(NC(=O)CCNC(=O)c6cc(NC(=O)c7nccn7C)cn6C)cn5C)cn4C)cn3C)cc1)c1nnc(C)n1-2. The molecule has 0 saturated carbocycles. The summed E-state index contributed by atoms with van der Waals surface area (Å²) in [6.07, 6.45) is 10.8. The third kappa shape index (κ3) is 27.2. The van der Waals surface area contributed by atoms with Gasteiger partial charge in [-0.25, -0.2) is 9.97 Å². The van der Waals surface area contributed by atoms with E-state index in [4.69, 9.17) is 54.5 Å². The molecule has 1 aliphatic rings. The number of carbonyl (C=O) groups is 9. The molecule has 0 spiro atoms. The summed E-state index contributed by atoms with van der Waals surface area (Å²) in [6, 6.07) is 19.3. The molecule has 120 heavy (non-hydrogen) atoms. The lowest BCUT2D eigenvalue weighted by Crippen LogP contribution is -2.33. The molecule has 1 aliphatic heterocycles. The Kier molecular flexibility index (Phi) is 34.9. The van der Waals surface area contributed by atoms with Gasteiger partial charge in [0.15, 0.2) is 17.5 Å². The van der Waals surface area contributed by atoms with Crippen molar-refractivity contribution in [2.24, 2.45) is 40.2 Å². The quantitative estimate of drug-likeness (QED) is 0.0188. The van der Waals surface area contributed by atoms with E-state index in [-0.39, 0.29) is 111 Å². The monoisotopic (exact) mass is 1690 g/mol. The van der Waals surface area contributed by atoms with Crippen molar-refractivity contribution in [2.45, 2.75) is 65.3 Å². The van der Waals surface area contributed by atoms with E-state index in [0.717, 1.165) is 51.6 Å². The fourth-order valence-corrected chi connectivity index (χ4v) is 13.8. The Bertz CT molecular complexity index is 5000. The van der Waals surface area contributed by atoms with Crippen LogP contribution in [0.5, 0.6) is 0 Å². The fourth-order valence-electron chi connectivity index (χ4n) is 12.5. The van der Waals surface area contributed by atoms with Crippen LogP contribution in [0.2, 0.25) is 5.02 Å². The Hall–Kier alpha value is -11.6. The summed E-state index contributed by atoms with van der Waals surface area (Å²) in [4.78, 5) is 131. The number of nitrogens with one attached hydrogen (secondary N) is 9. The Morgan fingerprint density at radius 1 is 0.458 bits per heavy atom.